The van der Waals surface area contributed by atoms with E-state index in [0.29, 0.717) is 12.6 Å². The fourth-order valence-corrected chi connectivity index (χ4v) is 2.33. The largest absolute Gasteiger partial charge is 0.393 e. The second kappa shape index (κ2) is 4.49. The summed E-state index contributed by atoms with van der Waals surface area (Å²) < 4.78 is 0. The van der Waals surface area contributed by atoms with Crippen molar-refractivity contribution in [2.45, 2.75) is 37.8 Å². The topological polar surface area (TPSA) is 43.8 Å². The maximum atomic E-state index is 11.8. The Kier molecular flexibility index (Phi) is 3.26. The summed E-state index contributed by atoms with van der Waals surface area (Å²) in [5.74, 6) is 0.247. The van der Waals surface area contributed by atoms with Crippen LogP contribution in [0.25, 0.3) is 0 Å². The highest BCUT2D eigenvalue weighted by Gasteiger charge is 2.32. The molecule has 4 nitrogen and oxygen atoms in total. The van der Waals surface area contributed by atoms with Gasteiger partial charge < -0.3 is 10.0 Å². The number of aliphatic hydroxyl groups is 1. The van der Waals surface area contributed by atoms with E-state index in [9.17, 15) is 9.90 Å². The molecule has 1 heterocycles. The van der Waals surface area contributed by atoms with Gasteiger partial charge in [-0.2, -0.15) is 0 Å². The molecule has 1 saturated heterocycles. The third kappa shape index (κ3) is 2.49. The number of hydrogen-bond donors (Lipinski definition) is 1. The van der Waals surface area contributed by atoms with Crippen LogP contribution in [0, 0.1) is 0 Å². The fourth-order valence-electron chi connectivity index (χ4n) is 2.33. The van der Waals surface area contributed by atoms with Crippen molar-refractivity contribution in [1.29, 1.82) is 0 Å². The van der Waals surface area contributed by atoms with Crippen molar-refractivity contribution in [2.75, 3.05) is 26.7 Å². The number of carbonyl (C=O) groups excluding carboxylic acids is 1. The number of rotatable bonds is 3. The molecule has 2 fully saturated rings. The summed E-state index contributed by atoms with van der Waals surface area (Å²) in [6, 6.07) is 0.409. The minimum absolute atomic E-state index is 0.140. The molecule has 2 aliphatic rings. The van der Waals surface area contributed by atoms with Crippen LogP contribution in [0.1, 0.15) is 25.7 Å². The summed E-state index contributed by atoms with van der Waals surface area (Å²) >= 11 is 0. The smallest absolute Gasteiger partial charge is 0.236 e. The van der Waals surface area contributed by atoms with Gasteiger partial charge in [-0.3, -0.25) is 9.69 Å². The molecule has 1 amide bonds. The first-order chi connectivity index (χ1) is 7.16. The van der Waals surface area contributed by atoms with Gasteiger partial charge in [0.1, 0.15) is 0 Å². The molecule has 4 heteroatoms. The standard InChI is InChI=1S/C11H20N2O2/c1-12(9-6-10(14)7-9)8-11(15)13-4-2-3-5-13/h9-10,14H,2-8H2,1H3. The molecule has 2 rings (SSSR count). The molecule has 15 heavy (non-hydrogen) atoms. The van der Waals surface area contributed by atoms with Crippen LogP contribution in [0.2, 0.25) is 0 Å². The van der Waals surface area contributed by atoms with Crippen LogP contribution in [-0.4, -0.2) is 59.6 Å². The molecule has 0 radical (unpaired) electrons. The van der Waals surface area contributed by atoms with Gasteiger partial charge in [0, 0.05) is 19.1 Å². The minimum atomic E-state index is -0.140. The molecule has 0 aromatic heterocycles. The Balaban J connectivity index is 1.73. The maximum absolute atomic E-state index is 11.8. The monoisotopic (exact) mass is 212 g/mol. The number of aliphatic hydroxyl groups excluding tert-OH is 1. The number of likely N-dealkylation sites (tertiary alicyclic amines) is 1. The second-order valence-electron chi connectivity index (χ2n) is 4.78. The van der Waals surface area contributed by atoms with Crippen molar-refractivity contribution >= 4 is 5.91 Å². The van der Waals surface area contributed by atoms with E-state index in [-0.39, 0.29) is 12.0 Å². The maximum Gasteiger partial charge on any atom is 0.236 e. The second-order valence-corrected chi connectivity index (χ2v) is 4.78. The number of nitrogens with zero attached hydrogens (tertiary/aromatic N) is 2. The van der Waals surface area contributed by atoms with Crippen molar-refractivity contribution in [3.8, 4) is 0 Å². The molecule has 0 spiro atoms. The van der Waals surface area contributed by atoms with Crippen molar-refractivity contribution in [3.63, 3.8) is 0 Å². The van der Waals surface area contributed by atoms with Crippen LogP contribution in [-0.2, 0) is 4.79 Å². The van der Waals surface area contributed by atoms with E-state index >= 15 is 0 Å². The van der Waals surface area contributed by atoms with E-state index < -0.39 is 0 Å². The molecule has 0 aromatic rings. The van der Waals surface area contributed by atoms with Gasteiger partial charge in [0.15, 0.2) is 0 Å². The molecular weight excluding hydrogens is 192 g/mol. The Morgan fingerprint density at radius 1 is 1.40 bits per heavy atom. The molecule has 86 valence electrons. The quantitative estimate of drug-likeness (QED) is 0.719. The lowest BCUT2D eigenvalue weighted by Crippen LogP contribution is -2.49. The third-order valence-electron chi connectivity index (χ3n) is 3.56. The predicted molar refractivity (Wildman–Crippen MR) is 57.5 cm³/mol. The minimum Gasteiger partial charge on any atom is -0.393 e. The van der Waals surface area contributed by atoms with Crippen LogP contribution in [0.4, 0.5) is 0 Å². The van der Waals surface area contributed by atoms with Gasteiger partial charge in [-0.05, 0) is 32.7 Å². The predicted octanol–water partition coefficient (Wildman–Crippen LogP) is 0.0639. The number of amides is 1. The molecule has 1 N–H and O–H groups in total. The van der Waals surface area contributed by atoms with E-state index in [1.807, 2.05) is 11.9 Å². The lowest BCUT2D eigenvalue weighted by molar-refractivity contribution is -0.132. The zero-order valence-corrected chi connectivity index (χ0v) is 9.35. The van der Waals surface area contributed by atoms with Gasteiger partial charge in [0.25, 0.3) is 0 Å². The van der Waals surface area contributed by atoms with Crippen LogP contribution in [0.15, 0.2) is 0 Å². The highest BCUT2D eigenvalue weighted by molar-refractivity contribution is 5.78. The van der Waals surface area contributed by atoms with E-state index in [4.69, 9.17) is 0 Å². The number of hydrogen-bond acceptors (Lipinski definition) is 3. The molecule has 0 bridgehead atoms. The van der Waals surface area contributed by atoms with E-state index in [2.05, 4.69) is 4.90 Å². The molecule has 0 unspecified atom stereocenters. The van der Waals surface area contributed by atoms with E-state index in [0.717, 1.165) is 38.8 Å². The Bertz CT molecular complexity index is 233. The summed E-state index contributed by atoms with van der Waals surface area (Å²) in [5, 5.41) is 9.19. The van der Waals surface area contributed by atoms with Crippen molar-refractivity contribution in [2.24, 2.45) is 0 Å². The van der Waals surface area contributed by atoms with Gasteiger partial charge in [-0.1, -0.05) is 0 Å². The number of likely N-dealkylation sites (N-methyl/N-ethyl adjacent to an activating group) is 1. The van der Waals surface area contributed by atoms with E-state index in [1.165, 1.54) is 0 Å². The summed E-state index contributed by atoms with van der Waals surface area (Å²) in [5.41, 5.74) is 0. The third-order valence-corrected chi connectivity index (χ3v) is 3.56. The summed E-state index contributed by atoms with van der Waals surface area (Å²) in [7, 11) is 1.98. The molecule has 0 aromatic carbocycles. The van der Waals surface area contributed by atoms with E-state index in [1.54, 1.807) is 0 Å². The van der Waals surface area contributed by atoms with Crippen LogP contribution < -0.4 is 0 Å². The van der Waals surface area contributed by atoms with Gasteiger partial charge in [0.2, 0.25) is 5.91 Å². The van der Waals surface area contributed by atoms with Gasteiger partial charge in [-0.25, -0.2) is 0 Å². The zero-order chi connectivity index (χ0) is 10.8. The highest BCUT2D eigenvalue weighted by Crippen LogP contribution is 2.24. The van der Waals surface area contributed by atoms with Gasteiger partial charge >= 0.3 is 0 Å². The Labute approximate surface area is 90.9 Å². The first kappa shape index (κ1) is 10.9. The fraction of sp³-hybridized carbons (Fsp3) is 0.909. The van der Waals surface area contributed by atoms with Crippen LogP contribution >= 0.6 is 0 Å². The van der Waals surface area contributed by atoms with Gasteiger partial charge in [-0.15, -0.1) is 0 Å². The first-order valence-corrected chi connectivity index (χ1v) is 5.83. The molecule has 1 aliphatic heterocycles. The first-order valence-electron chi connectivity index (χ1n) is 5.83. The summed E-state index contributed by atoms with van der Waals surface area (Å²) in [6.07, 6.45) is 3.81. The Morgan fingerprint density at radius 2 is 2.00 bits per heavy atom. The molecular formula is C11H20N2O2. The molecule has 0 atom stereocenters. The van der Waals surface area contributed by atoms with Gasteiger partial charge in [0.05, 0.1) is 12.6 Å². The average molecular weight is 212 g/mol. The number of carbonyl (C=O) groups is 1. The lowest BCUT2D eigenvalue weighted by atomic mass is 9.88. The summed E-state index contributed by atoms with van der Waals surface area (Å²) in [6.45, 7) is 2.37. The Morgan fingerprint density at radius 3 is 2.53 bits per heavy atom. The summed E-state index contributed by atoms with van der Waals surface area (Å²) in [4.78, 5) is 15.8. The molecule has 1 aliphatic carbocycles. The molecule has 1 saturated carbocycles. The van der Waals surface area contributed by atoms with Crippen molar-refractivity contribution < 1.29 is 9.90 Å². The SMILES string of the molecule is CN(CC(=O)N1CCCC1)C1CC(O)C1. The highest BCUT2D eigenvalue weighted by atomic mass is 16.3. The van der Waals surface area contributed by atoms with Crippen molar-refractivity contribution in [3.05, 3.63) is 0 Å². The zero-order valence-electron chi connectivity index (χ0n) is 9.35. The Hall–Kier alpha value is -0.610. The van der Waals surface area contributed by atoms with Crippen molar-refractivity contribution in [1.82, 2.24) is 9.80 Å². The van der Waals surface area contributed by atoms with Crippen LogP contribution in [0.5, 0.6) is 0 Å². The lowest BCUT2D eigenvalue weighted by Gasteiger charge is -2.38. The average Bonchev–Trinajstić information content (AvgIpc) is 2.65. The normalized spacial score (nSPS) is 30.7. The van der Waals surface area contributed by atoms with Crippen LogP contribution in [0.3, 0.4) is 0 Å².